The summed E-state index contributed by atoms with van der Waals surface area (Å²) in [6, 6.07) is 7.08. The quantitative estimate of drug-likeness (QED) is 0.914. The third kappa shape index (κ3) is 3.56. The zero-order valence-electron chi connectivity index (χ0n) is 12.5. The van der Waals surface area contributed by atoms with Gasteiger partial charge in [-0.2, -0.15) is 0 Å². The number of aromatic carboxylic acids is 1. The molecule has 1 aromatic heterocycles. The van der Waals surface area contributed by atoms with Gasteiger partial charge in [-0.25, -0.2) is 9.78 Å². The molecule has 0 amide bonds. The summed E-state index contributed by atoms with van der Waals surface area (Å²) in [6.07, 6.45) is 2.39. The first kappa shape index (κ1) is 15.0. The number of carboxylic acids is 1. The summed E-state index contributed by atoms with van der Waals surface area (Å²) in [5, 5.41) is 9.18. The highest BCUT2D eigenvalue weighted by atomic mass is 16.4. The molecule has 21 heavy (non-hydrogen) atoms. The van der Waals surface area contributed by atoms with E-state index in [2.05, 4.69) is 9.97 Å². The van der Waals surface area contributed by atoms with E-state index in [1.807, 2.05) is 37.9 Å². The van der Waals surface area contributed by atoms with Crippen LogP contribution >= 0.6 is 0 Å². The van der Waals surface area contributed by atoms with E-state index >= 15 is 0 Å². The highest BCUT2D eigenvalue weighted by Crippen LogP contribution is 2.13. The van der Waals surface area contributed by atoms with Crippen molar-refractivity contribution in [3.63, 3.8) is 0 Å². The minimum atomic E-state index is -0.890. The van der Waals surface area contributed by atoms with Crippen molar-refractivity contribution in [3.05, 3.63) is 53.0 Å². The van der Waals surface area contributed by atoms with Crippen molar-refractivity contribution in [1.29, 1.82) is 0 Å². The van der Waals surface area contributed by atoms with Gasteiger partial charge >= 0.3 is 5.97 Å². The van der Waals surface area contributed by atoms with Crippen LogP contribution in [0.25, 0.3) is 0 Å². The van der Waals surface area contributed by atoms with Crippen LogP contribution in [0.5, 0.6) is 0 Å². The Labute approximate surface area is 124 Å². The lowest BCUT2D eigenvalue weighted by atomic mass is 10.0. The zero-order chi connectivity index (χ0) is 15.4. The molecule has 0 aliphatic carbocycles. The van der Waals surface area contributed by atoms with Crippen molar-refractivity contribution in [1.82, 2.24) is 9.97 Å². The second-order valence-corrected chi connectivity index (χ2v) is 5.03. The van der Waals surface area contributed by atoms with E-state index in [9.17, 15) is 9.90 Å². The first-order valence-electron chi connectivity index (χ1n) is 6.81. The molecule has 1 aromatic carbocycles. The van der Waals surface area contributed by atoms with Gasteiger partial charge in [0.25, 0.3) is 0 Å². The average molecular weight is 285 g/mol. The SMILES string of the molecule is Cc1ncc(N(C)CCc2ccccc2C(=O)O)nc1C. The third-order valence-corrected chi connectivity index (χ3v) is 3.53. The Morgan fingerprint density at radius 2 is 1.95 bits per heavy atom. The largest absolute Gasteiger partial charge is 0.478 e. The predicted octanol–water partition coefficient (Wildman–Crippen LogP) is 2.47. The molecule has 1 heterocycles. The van der Waals surface area contributed by atoms with Crippen LogP contribution in [-0.4, -0.2) is 34.6 Å². The number of benzene rings is 1. The number of carboxylic acid groups (broad SMARTS) is 1. The van der Waals surface area contributed by atoms with Crippen molar-refractivity contribution >= 4 is 11.8 Å². The van der Waals surface area contributed by atoms with Gasteiger partial charge in [-0.05, 0) is 31.9 Å². The number of aryl methyl sites for hydroxylation is 2. The van der Waals surface area contributed by atoms with E-state index in [4.69, 9.17) is 0 Å². The molecule has 0 saturated heterocycles. The number of rotatable bonds is 5. The van der Waals surface area contributed by atoms with Crippen LogP contribution in [0.15, 0.2) is 30.5 Å². The Morgan fingerprint density at radius 1 is 1.24 bits per heavy atom. The van der Waals surface area contributed by atoms with Gasteiger partial charge in [0.2, 0.25) is 0 Å². The van der Waals surface area contributed by atoms with Crippen molar-refractivity contribution in [3.8, 4) is 0 Å². The maximum absolute atomic E-state index is 11.2. The van der Waals surface area contributed by atoms with Crippen LogP contribution in [0.3, 0.4) is 0 Å². The molecule has 0 aliphatic heterocycles. The Bertz CT molecular complexity index is 656. The van der Waals surface area contributed by atoms with Gasteiger partial charge in [-0.3, -0.25) is 4.98 Å². The smallest absolute Gasteiger partial charge is 0.335 e. The minimum Gasteiger partial charge on any atom is -0.478 e. The highest BCUT2D eigenvalue weighted by molar-refractivity contribution is 5.89. The Balaban J connectivity index is 2.09. The first-order chi connectivity index (χ1) is 9.99. The molecular weight excluding hydrogens is 266 g/mol. The van der Waals surface area contributed by atoms with Crippen LogP contribution in [-0.2, 0) is 6.42 Å². The van der Waals surface area contributed by atoms with Gasteiger partial charge in [-0.1, -0.05) is 18.2 Å². The molecule has 2 aromatic rings. The van der Waals surface area contributed by atoms with Gasteiger partial charge in [0, 0.05) is 13.6 Å². The number of anilines is 1. The molecule has 2 rings (SSSR count). The second kappa shape index (κ2) is 6.35. The fourth-order valence-electron chi connectivity index (χ4n) is 2.06. The zero-order valence-corrected chi connectivity index (χ0v) is 12.5. The van der Waals surface area contributed by atoms with Crippen LogP contribution < -0.4 is 4.90 Å². The maximum Gasteiger partial charge on any atom is 0.335 e. The van der Waals surface area contributed by atoms with Crippen molar-refractivity contribution in [2.24, 2.45) is 0 Å². The normalized spacial score (nSPS) is 10.4. The van der Waals surface area contributed by atoms with Crippen molar-refractivity contribution < 1.29 is 9.90 Å². The number of aromatic nitrogens is 2. The van der Waals surface area contributed by atoms with E-state index < -0.39 is 5.97 Å². The summed E-state index contributed by atoms with van der Waals surface area (Å²) in [5.41, 5.74) is 3.01. The maximum atomic E-state index is 11.2. The molecule has 1 N–H and O–H groups in total. The van der Waals surface area contributed by atoms with Gasteiger partial charge in [-0.15, -0.1) is 0 Å². The Hall–Kier alpha value is -2.43. The molecule has 0 unspecified atom stereocenters. The van der Waals surface area contributed by atoms with E-state index in [-0.39, 0.29) is 0 Å². The number of carbonyl (C=O) groups is 1. The lowest BCUT2D eigenvalue weighted by Gasteiger charge is -2.19. The Morgan fingerprint density at radius 3 is 2.62 bits per heavy atom. The number of hydrogen-bond acceptors (Lipinski definition) is 4. The minimum absolute atomic E-state index is 0.358. The Kier molecular flexibility index (Phi) is 4.52. The molecule has 0 fully saturated rings. The second-order valence-electron chi connectivity index (χ2n) is 5.03. The fraction of sp³-hybridized carbons (Fsp3) is 0.312. The topological polar surface area (TPSA) is 66.3 Å². The van der Waals surface area contributed by atoms with Crippen LogP contribution in [0.2, 0.25) is 0 Å². The lowest BCUT2D eigenvalue weighted by molar-refractivity contribution is 0.0695. The van der Waals surface area contributed by atoms with E-state index in [0.29, 0.717) is 18.5 Å². The van der Waals surface area contributed by atoms with E-state index in [1.165, 1.54) is 0 Å². The number of nitrogens with zero attached hydrogens (tertiary/aromatic N) is 3. The summed E-state index contributed by atoms with van der Waals surface area (Å²) < 4.78 is 0. The third-order valence-electron chi connectivity index (χ3n) is 3.53. The molecule has 5 nitrogen and oxygen atoms in total. The standard InChI is InChI=1S/C16H19N3O2/c1-11-12(2)18-15(10-17-11)19(3)9-8-13-6-4-5-7-14(13)16(20)21/h4-7,10H,8-9H2,1-3H3,(H,20,21). The number of likely N-dealkylation sites (N-methyl/N-ethyl adjacent to an activating group) is 1. The average Bonchev–Trinajstić information content (AvgIpc) is 2.47. The van der Waals surface area contributed by atoms with Crippen molar-refractivity contribution in [2.45, 2.75) is 20.3 Å². The summed E-state index contributed by atoms with van der Waals surface area (Å²) in [7, 11) is 1.93. The molecule has 0 bridgehead atoms. The summed E-state index contributed by atoms with van der Waals surface area (Å²) in [5.74, 6) is -0.0925. The molecular formula is C16H19N3O2. The molecule has 0 saturated carbocycles. The van der Waals surface area contributed by atoms with Crippen molar-refractivity contribution in [2.75, 3.05) is 18.5 Å². The predicted molar refractivity (Wildman–Crippen MR) is 81.9 cm³/mol. The van der Waals surface area contributed by atoms with Crippen LogP contribution in [0, 0.1) is 13.8 Å². The van der Waals surface area contributed by atoms with Gasteiger partial charge < -0.3 is 10.0 Å². The van der Waals surface area contributed by atoms with E-state index in [1.54, 1.807) is 18.3 Å². The monoisotopic (exact) mass is 285 g/mol. The molecule has 0 spiro atoms. The van der Waals surface area contributed by atoms with Crippen LogP contribution in [0.1, 0.15) is 27.3 Å². The molecule has 0 aliphatic rings. The summed E-state index contributed by atoms with van der Waals surface area (Å²) in [4.78, 5) is 22.0. The molecule has 110 valence electrons. The highest BCUT2D eigenvalue weighted by Gasteiger charge is 2.11. The van der Waals surface area contributed by atoms with Gasteiger partial charge in [0.05, 0.1) is 23.1 Å². The molecule has 0 radical (unpaired) electrons. The van der Waals surface area contributed by atoms with Crippen LogP contribution in [0.4, 0.5) is 5.82 Å². The van der Waals surface area contributed by atoms with Gasteiger partial charge in [0.1, 0.15) is 5.82 Å². The van der Waals surface area contributed by atoms with E-state index in [0.717, 1.165) is 22.8 Å². The number of hydrogen-bond donors (Lipinski definition) is 1. The molecule has 0 atom stereocenters. The summed E-state index contributed by atoms with van der Waals surface area (Å²) in [6.45, 7) is 4.54. The molecule has 5 heteroatoms. The first-order valence-corrected chi connectivity index (χ1v) is 6.81. The lowest BCUT2D eigenvalue weighted by Crippen LogP contribution is -2.22. The van der Waals surface area contributed by atoms with Gasteiger partial charge in [0.15, 0.2) is 0 Å². The fourth-order valence-corrected chi connectivity index (χ4v) is 2.06. The summed E-state index contributed by atoms with van der Waals surface area (Å²) >= 11 is 0.